The van der Waals surface area contributed by atoms with Gasteiger partial charge < -0.3 is 5.73 Å². The van der Waals surface area contributed by atoms with E-state index in [4.69, 9.17) is 28.9 Å². The second kappa shape index (κ2) is 5.87. The molecule has 0 aliphatic carbocycles. The summed E-state index contributed by atoms with van der Waals surface area (Å²) in [5.41, 5.74) is 6.35. The molecule has 0 saturated carbocycles. The van der Waals surface area contributed by atoms with E-state index in [0.717, 1.165) is 0 Å². The predicted molar refractivity (Wildman–Crippen MR) is 73.5 cm³/mol. The normalized spacial score (nSPS) is 12.5. The molecule has 0 heterocycles. The molecule has 1 nitrogen and oxygen atoms in total. The number of halogens is 4. The van der Waals surface area contributed by atoms with E-state index in [1.54, 1.807) is 12.1 Å². The minimum Gasteiger partial charge on any atom is -0.324 e. The number of rotatable bonds is 3. The molecule has 0 spiro atoms. The highest BCUT2D eigenvalue weighted by Crippen LogP contribution is 2.29. The van der Waals surface area contributed by atoms with Crippen LogP contribution in [0.4, 0.5) is 8.78 Å². The van der Waals surface area contributed by atoms with Crippen LogP contribution in [0.3, 0.4) is 0 Å². The Hall–Kier alpha value is -1.16. The SMILES string of the molecule is NC(Cc1c(F)cccc1Cl)c1c(F)cccc1Cl. The Kier molecular flexibility index (Phi) is 4.40. The van der Waals surface area contributed by atoms with Crippen molar-refractivity contribution in [3.8, 4) is 0 Å². The van der Waals surface area contributed by atoms with Crippen molar-refractivity contribution in [2.24, 2.45) is 5.73 Å². The molecule has 2 N–H and O–H groups in total. The van der Waals surface area contributed by atoms with Gasteiger partial charge in [0.2, 0.25) is 0 Å². The Labute approximate surface area is 119 Å². The Balaban J connectivity index is 2.34. The van der Waals surface area contributed by atoms with Gasteiger partial charge >= 0.3 is 0 Å². The van der Waals surface area contributed by atoms with Gasteiger partial charge in [0.05, 0.1) is 0 Å². The lowest BCUT2D eigenvalue weighted by molar-refractivity contribution is 0.563. The Morgan fingerprint density at radius 2 is 1.53 bits per heavy atom. The van der Waals surface area contributed by atoms with Crippen molar-refractivity contribution in [3.05, 3.63) is 69.2 Å². The molecular weight excluding hydrogens is 291 g/mol. The second-order valence-electron chi connectivity index (χ2n) is 4.15. The van der Waals surface area contributed by atoms with Gasteiger partial charge in [0, 0.05) is 27.2 Å². The van der Waals surface area contributed by atoms with Crippen LogP contribution in [0.1, 0.15) is 17.2 Å². The maximum absolute atomic E-state index is 13.7. The lowest BCUT2D eigenvalue weighted by Gasteiger charge is -2.16. The molecule has 2 aromatic rings. The molecule has 0 amide bonds. The zero-order valence-electron chi connectivity index (χ0n) is 9.84. The molecule has 0 fully saturated rings. The Morgan fingerprint density at radius 3 is 2.11 bits per heavy atom. The molecule has 2 aromatic carbocycles. The monoisotopic (exact) mass is 301 g/mol. The van der Waals surface area contributed by atoms with E-state index >= 15 is 0 Å². The summed E-state index contributed by atoms with van der Waals surface area (Å²) >= 11 is 11.8. The summed E-state index contributed by atoms with van der Waals surface area (Å²) < 4.78 is 27.4. The van der Waals surface area contributed by atoms with Crippen molar-refractivity contribution >= 4 is 23.2 Å². The van der Waals surface area contributed by atoms with Crippen LogP contribution in [0.5, 0.6) is 0 Å². The van der Waals surface area contributed by atoms with E-state index in [1.807, 2.05) is 0 Å². The van der Waals surface area contributed by atoms with Crippen LogP contribution < -0.4 is 5.73 Å². The molecule has 5 heteroatoms. The van der Waals surface area contributed by atoms with Gasteiger partial charge in [-0.05, 0) is 30.7 Å². The van der Waals surface area contributed by atoms with Crippen molar-refractivity contribution in [2.45, 2.75) is 12.5 Å². The van der Waals surface area contributed by atoms with E-state index in [2.05, 4.69) is 0 Å². The zero-order chi connectivity index (χ0) is 14.0. The van der Waals surface area contributed by atoms with Crippen LogP contribution in [0.2, 0.25) is 10.0 Å². The first-order chi connectivity index (χ1) is 9.00. The smallest absolute Gasteiger partial charge is 0.129 e. The summed E-state index contributed by atoms with van der Waals surface area (Å²) in [6, 6.07) is 7.90. The van der Waals surface area contributed by atoms with Crippen molar-refractivity contribution in [1.29, 1.82) is 0 Å². The second-order valence-corrected chi connectivity index (χ2v) is 4.96. The van der Waals surface area contributed by atoms with Crippen LogP contribution in [0.25, 0.3) is 0 Å². The molecule has 2 rings (SSSR count). The first-order valence-electron chi connectivity index (χ1n) is 5.63. The first-order valence-corrected chi connectivity index (χ1v) is 6.38. The first kappa shape index (κ1) is 14.3. The zero-order valence-corrected chi connectivity index (χ0v) is 11.3. The van der Waals surface area contributed by atoms with Gasteiger partial charge in [0.25, 0.3) is 0 Å². The van der Waals surface area contributed by atoms with Crippen LogP contribution in [-0.2, 0) is 6.42 Å². The van der Waals surface area contributed by atoms with Gasteiger partial charge in [-0.15, -0.1) is 0 Å². The van der Waals surface area contributed by atoms with Crippen LogP contribution >= 0.6 is 23.2 Å². The van der Waals surface area contributed by atoms with Crippen molar-refractivity contribution in [2.75, 3.05) is 0 Å². The molecule has 100 valence electrons. The van der Waals surface area contributed by atoms with Crippen LogP contribution in [0, 0.1) is 11.6 Å². The van der Waals surface area contributed by atoms with E-state index in [0.29, 0.717) is 0 Å². The highest BCUT2D eigenvalue weighted by Gasteiger charge is 2.18. The molecule has 19 heavy (non-hydrogen) atoms. The minimum atomic E-state index is -0.761. The largest absolute Gasteiger partial charge is 0.324 e. The average Bonchev–Trinajstić information content (AvgIpc) is 2.34. The maximum atomic E-state index is 13.7. The van der Waals surface area contributed by atoms with E-state index in [9.17, 15) is 8.78 Å². The lowest BCUT2D eigenvalue weighted by atomic mass is 9.98. The molecule has 0 aliphatic heterocycles. The number of hydrogen-bond acceptors (Lipinski definition) is 1. The average molecular weight is 302 g/mol. The molecule has 1 atom stereocenters. The predicted octanol–water partition coefficient (Wildman–Crippen LogP) is 4.51. The van der Waals surface area contributed by atoms with Crippen molar-refractivity contribution in [3.63, 3.8) is 0 Å². The molecule has 1 unspecified atom stereocenters. The van der Waals surface area contributed by atoms with Gasteiger partial charge in [-0.3, -0.25) is 0 Å². The summed E-state index contributed by atoms with van der Waals surface area (Å²) in [7, 11) is 0. The number of hydrogen-bond donors (Lipinski definition) is 1. The highest BCUT2D eigenvalue weighted by molar-refractivity contribution is 6.31. The summed E-state index contributed by atoms with van der Waals surface area (Å²) in [5, 5.41) is 0.489. The summed E-state index contributed by atoms with van der Waals surface area (Å²) in [5.74, 6) is -0.970. The summed E-state index contributed by atoms with van der Waals surface area (Å²) in [4.78, 5) is 0. The Morgan fingerprint density at radius 1 is 0.947 bits per heavy atom. The van der Waals surface area contributed by atoms with Gasteiger partial charge in [0.1, 0.15) is 11.6 Å². The fraction of sp³-hybridized carbons (Fsp3) is 0.143. The fourth-order valence-corrected chi connectivity index (χ4v) is 2.46. The van der Waals surface area contributed by atoms with Crippen molar-refractivity contribution < 1.29 is 8.78 Å². The van der Waals surface area contributed by atoms with Crippen molar-refractivity contribution in [1.82, 2.24) is 0 Å². The third kappa shape index (κ3) is 3.06. The lowest BCUT2D eigenvalue weighted by Crippen LogP contribution is -2.16. The number of benzene rings is 2. The van der Waals surface area contributed by atoms with E-state index in [-0.39, 0.29) is 27.6 Å². The number of nitrogens with two attached hydrogens (primary N) is 1. The fourth-order valence-electron chi connectivity index (χ4n) is 1.91. The molecule has 0 aliphatic rings. The molecular formula is C14H11Cl2F2N. The molecule has 0 radical (unpaired) electrons. The molecule has 0 saturated heterocycles. The third-order valence-corrected chi connectivity index (χ3v) is 3.54. The van der Waals surface area contributed by atoms with Gasteiger partial charge in [0.15, 0.2) is 0 Å². The van der Waals surface area contributed by atoms with Crippen LogP contribution in [-0.4, -0.2) is 0 Å². The van der Waals surface area contributed by atoms with Crippen LogP contribution in [0.15, 0.2) is 36.4 Å². The van der Waals surface area contributed by atoms with Gasteiger partial charge in [-0.25, -0.2) is 8.78 Å². The highest BCUT2D eigenvalue weighted by atomic mass is 35.5. The Bertz CT molecular complexity index is 561. The molecule has 0 aromatic heterocycles. The molecule has 0 bridgehead atoms. The van der Waals surface area contributed by atoms with Gasteiger partial charge in [-0.2, -0.15) is 0 Å². The summed E-state index contributed by atoms with van der Waals surface area (Å²) in [6.07, 6.45) is 0.0756. The van der Waals surface area contributed by atoms with E-state index in [1.165, 1.54) is 24.3 Å². The summed E-state index contributed by atoms with van der Waals surface area (Å²) in [6.45, 7) is 0. The van der Waals surface area contributed by atoms with E-state index < -0.39 is 17.7 Å². The maximum Gasteiger partial charge on any atom is 0.129 e. The third-order valence-electron chi connectivity index (χ3n) is 2.86. The topological polar surface area (TPSA) is 26.0 Å². The standard InChI is InChI=1S/C14H11Cl2F2N/c15-9-3-1-5-11(17)8(9)7-13(19)14-10(16)4-2-6-12(14)18/h1-6,13H,7,19H2. The quantitative estimate of drug-likeness (QED) is 0.886. The minimum absolute atomic E-state index is 0.0756. The van der Waals surface area contributed by atoms with Gasteiger partial charge in [-0.1, -0.05) is 35.3 Å².